The molecular weight excluding hydrogens is 468 g/mol. The second kappa shape index (κ2) is 11.8. The third kappa shape index (κ3) is 6.90. The zero-order valence-electron chi connectivity index (χ0n) is 16.7. The number of nitrogens with zero attached hydrogens (tertiary/aromatic N) is 1. The molecule has 0 atom stereocenters. The molecule has 0 radical (unpaired) electrons. The van der Waals surface area contributed by atoms with Gasteiger partial charge in [0.25, 0.3) is 0 Å². The molecule has 7 heteroatoms. The summed E-state index contributed by atoms with van der Waals surface area (Å²) >= 11 is 9.64. The van der Waals surface area contributed by atoms with E-state index in [9.17, 15) is 0 Å². The van der Waals surface area contributed by atoms with E-state index in [1.165, 1.54) is 0 Å². The van der Waals surface area contributed by atoms with Gasteiger partial charge in [0.1, 0.15) is 6.61 Å². The molecule has 0 bridgehead atoms. The number of benzene rings is 2. The summed E-state index contributed by atoms with van der Waals surface area (Å²) in [4.78, 5) is 4.14. The van der Waals surface area contributed by atoms with Crippen molar-refractivity contribution < 1.29 is 14.2 Å². The van der Waals surface area contributed by atoms with Gasteiger partial charge in [0.2, 0.25) is 5.88 Å². The minimum Gasteiger partial charge on any atom is -0.493 e. The van der Waals surface area contributed by atoms with Crippen molar-refractivity contribution in [2.24, 2.45) is 0 Å². The minimum atomic E-state index is 0.406. The van der Waals surface area contributed by atoms with Crippen molar-refractivity contribution in [2.75, 3.05) is 20.3 Å². The van der Waals surface area contributed by atoms with E-state index in [4.69, 9.17) is 25.8 Å². The molecule has 1 aromatic heterocycles. The topological polar surface area (TPSA) is 52.6 Å². The first-order chi connectivity index (χ1) is 14.7. The number of ether oxygens (including phenoxy) is 3. The second-order valence-electron chi connectivity index (χ2n) is 6.57. The lowest BCUT2D eigenvalue weighted by Crippen LogP contribution is -2.17. The predicted molar refractivity (Wildman–Crippen MR) is 123 cm³/mol. The highest BCUT2D eigenvalue weighted by Crippen LogP contribution is 2.37. The monoisotopic (exact) mass is 490 g/mol. The number of aromatic nitrogens is 1. The van der Waals surface area contributed by atoms with Crippen molar-refractivity contribution in [2.45, 2.75) is 19.6 Å². The molecule has 2 aromatic carbocycles. The maximum absolute atomic E-state index is 6.04. The van der Waals surface area contributed by atoms with Crippen molar-refractivity contribution in [3.63, 3.8) is 0 Å². The third-order valence-electron chi connectivity index (χ3n) is 4.28. The lowest BCUT2D eigenvalue weighted by atomic mass is 10.2. The molecule has 30 heavy (non-hydrogen) atoms. The number of hydrogen-bond donors (Lipinski definition) is 1. The van der Waals surface area contributed by atoms with Gasteiger partial charge < -0.3 is 19.5 Å². The Morgan fingerprint density at radius 3 is 2.70 bits per heavy atom. The Kier molecular flexibility index (Phi) is 8.81. The smallest absolute Gasteiger partial charge is 0.213 e. The van der Waals surface area contributed by atoms with Gasteiger partial charge in [0, 0.05) is 23.8 Å². The number of methoxy groups -OCH3 is 1. The van der Waals surface area contributed by atoms with E-state index in [1.807, 2.05) is 54.6 Å². The van der Waals surface area contributed by atoms with E-state index in [2.05, 4.69) is 26.2 Å². The van der Waals surface area contributed by atoms with Crippen LogP contribution in [0.2, 0.25) is 5.02 Å². The predicted octanol–water partition coefficient (Wildman–Crippen LogP) is 5.64. The van der Waals surface area contributed by atoms with Crippen LogP contribution in [0, 0.1) is 0 Å². The van der Waals surface area contributed by atoms with Gasteiger partial charge in [-0.05, 0) is 70.4 Å². The molecule has 0 saturated heterocycles. The van der Waals surface area contributed by atoms with Gasteiger partial charge in [-0.25, -0.2) is 4.98 Å². The third-order valence-corrected chi connectivity index (χ3v) is 5.10. The standard InChI is InChI=1S/C23H24BrClN2O3/c1-28-21-14-18(15-26-9-5-11-29-22-8-2-3-10-27-22)13-20(24)23(21)30-16-17-6-4-7-19(25)12-17/h2-4,6-8,10,12-14,26H,5,9,11,15-16H2,1H3. The van der Waals surface area contributed by atoms with Crippen LogP contribution in [-0.4, -0.2) is 25.2 Å². The highest BCUT2D eigenvalue weighted by atomic mass is 79.9. The highest BCUT2D eigenvalue weighted by molar-refractivity contribution is 9.10. The maximum atomic E-state index is 6.04. The zero-order valence-corrected chi connectivity index (χ0v) is 19.1. The van der Waals surface area contributed by atoms with Gasteiger partial charge in [0.15, 0.2) is 11.5 Å². The summed E-state index contributed by atoms with van der Waals surface area (Å²) in [5.74, 6) is 2.01. The van der Waals surface area contributed by atoms with Gasteiger partial charge in [-0.15, -0.1) is 0 Å². The lowest BCUT2D eigenvalue weighted by Gasteiger charge is -2.15. The molecule has 0 aliphatic rings. The first-order valence-electron chi connectivity index (χ1n) is 9.64. The molecule has 0 spiro atoms. The number of hydrogen-bond acceptors (Lipinski definition) is 5. The zero-order chi connectivity index (χ0) is 21.2. The highest BCUT2D eigenvalue weighted by Gasteiger charge is 2.12. The lowest BCUT2D eigenvalue weighted by molar-refractivity contribution is 0.282. The van der Waals surface area contributed by atoms with Crippen LogP contribution in [0.1, 0.15) is 17.5 Å². The summed E-state index contributed by atoms with van der Waals surface area (Å²) in [5, 5.41) is 4.11. The molecule has 3 aromatic rings. The molecule has 0 unspecified atom stereocenters. The maximum Gasteiger partial charge on any atom is 0.213 e. The summed E-state index contributed by atoms with van der Waals surface area (Å²) in [7, 11) is 1.64. The van der Waals surface area contributed by atoms with Gasteiger partial charge >= 0.3 is 0 Å². The van der Waals surface area contributed by atoms with Crippen molar-refractivity contribution in [1.29, 1.82) is 0 Å². The largest absolute Gasteiger partial charge is 0.493 e. The van der Waals surface area contributed by atoms with Crippen LogP contribution in [0.3, 0.4) is 0 Å². The molecule has 0 fully saturated rings. The van der Waals surface area contributed by atoms with E-state index in [0.29, 0.717) is 42.2 Å². The summed E-state index contributed by atoms with van der Waals surface area (Å²) < 4.78 is 18.0. The second-order valence-corrected chi connectivity index (χ2v) is 7.87. The molecule has 0 aliphatic heterocycles. The molecule has 3 rings (SSSR count). The fourth-order valence-electron chi connectivity index (χ4n) is 2.84. The Bertz CT molecular complexity index is 941. The summed E-state index contributed by atoms with van der Waals surface area (Å²) in [6.45, 7) is 2.57. The molecule has 0 amide bonds. The molecular formula is C23H24BrClN2O3. The van der Waals surface area contributed by atoms with Crippen LogP contribution in [0.5, 0.6) is 17.4 Å². The Morgan fingerprint density at radius 1 is 1.03 bits per heavy atom. The Balaban J connectivity index is 1.48. The van der Waals surface area contributed by atoms with Crippen LogP contribution >= 0.6 is 27.5 Å². The summed E-state index contributed by atoms with van der Waals surface area (Å²) in [5.41, 5.74) is 2.09. The van der Waals surface area contributed by atoms with Crippen LogP contribution in [0.15, 0.2) is 65.3 Å². The average Bonchev–Trinajstić information content (AvgIpc) is 2.76. The number of halogens is 2. The number of nitrogens with one attached hydrogen (secondary N) is 1. The Morgan fingerprint density at radius 2 is 1.93 bits per heavy atom. The molecule has 0 aliphatic carbocycles. The van der Waals surface area contributed by atoms with Gasteiger partial charge in [-0.3, -0.25) is 0 Å². The Labute approximate surface area is 190 Å². The summed E-state index contributed by atoms with van der Waals surface area (Å²) in [6, 6.07) is 17.3. The molecule has 0 saturated carbocycles. The molecule has 1 heterocycles. The number of rotatable bonds is 11. The van der Waals surface area contributed by atoms with Crippen LogP contribution in [0.4, 0.5) is 0 Å². The van der Waals surface area contributed by atoms with Crippen molar-refractivity contribution in [3.8, 4) is 17.4 Å². The van der Waals surface area contributed by atoms with Crippen molar-refractivity contribution in [3.05, 3.63) is 81.4 Å². The molecule has 158 valence electrons. The van der Waals surface area contributed by atoms with Crippen LogP contribution in [0.25, 0.3) is 0 Å². The molecule has 1 N–H and O–H groups in total. The van der Waals surface area contributed by atoms with Crippen LogP contribution in [-0.2, 0) is 13.2 Å². The SMILES string of the molecule is COc1cc(CNCCCOc2ccccn2)cc(Br)c1OCc1cccc(Cl)c1. The Hall–Kier alpha value is -2.28. The van der Waals surface area contributed by atoms with Gasteiger partial charge in [-0.1, -0.05) is 29.8 Å². The van der Waals surface area contributed by atoms with Crippen LogP contribution < -0.4 is 19.5 Å². The quantitative estimate of drug-likeness (QED) is 0.352. The fourth-order valence-corrected chi connectivity index (χ4v) is 3.65. The first kappa shape index (κ1) is 22.4. The van der Waals surface area contributed by atoms with E-state index >= 15 is 0 Å². The van der Waals surface area contributed by atoms with E-state index in [0.717, 1.165) is 28.6 Å². The summed E-state index contributed by atoms with van der Waals surface area (Å²) in [6.07, 6.45) is 2.61. The molecule has 5 nitrogen and oxygen atoms in total. The van der Waals surface area contributed by atoms with E-state index < -0.39 is 0 Å². The van der Waals surface area contributed by atoms with Gasteiger partial charge in [0.05, 0.1) is 18.2 Å². The van der Waals surface area contributed by atoms with Gasteiger partial charge in [-0.2, -0.15) is 0 Å². The first-order valence-corrected chi connectivity index (χ1v) is 10.8. The fraction of sp³-hybridized carbons (Fsp3) is 0.261. The van der Waals surface area contributed by atoms with E-state index in [1.54, 1.807) is 13.3 Å². The normalized spacial score (nSPS) is 10.6. The average molecular weight is 492 g/mol. The van der Waals surface area contributed by atoms with Crippen molar-refractivity contribution >= 4 is 27.5 Å². The van der Waals surface area contributed by atoms with E-state index in [-0.39, 0.29) is 0 Å². The minimum absolute atomic E-state index is 0.406. The number of pyridine rings is 1. The van der Waals surface area contributed by atoms with Crippen molar-refractivity contribution in [1.82, 2.24) is 10.3 Å².